The fourth-order valence-corrected chi connectivity index (χ4v) is 1.50. The van der Waals surface area contributed by atoms with Gasteiger partial charge in [-0.3, -0.25) is 4.79 Å². The zero-order valence-electron chi connectivity index (χ0n) is 8.29. The lowest BCUT2D eigenvalue weighted by Gasteiger charge is -2.05. The van der Waals surface area contributed by atoms with Crippen molar-refractivity contribution >= 4 is 27.7 Å². The number of alkyl halides is 1. The number of rotatable bonds is 4. The lowest BCUT2D eigenvalue weighted by Crippen LogP contribution is -2.09. The van der Waals surface area contributed by atoms with Crippen LogP contribution in [0.1, 0.15) is 21.5 Å². The molecule has 0 amide bonds. The highest BCUT2D eigenvalue weighted by molar-refractivity contribution is 9.09. The molecule has 0 aromatic heterocycles. The van der Waals surface area contributed by atoms with Crippen LogP contribution in [0.4, 0.5) is 0 Å². The molecule has 0 bridgehead atoms. The number of hydrogen-bond donors (Lipinski definition) is 1. The molecule has 0 aliphatic rings. The van der Waals surface area contributed by atoms with E-state index in [1.54, 1.807) is 12.1 Å². The molecule has 1 rings (SSSR count). The van der Waals surface area contributed by atoms with Gasteiger partial charge >= 0.3 is 5.97 Å². The minimum Gasteiger partial charge on any atom is -0.478 e. The number of carboxylic acids is 1. The smallest absolute Gasteiger partial charge is 0.335 e. The van der Waals surface area contributed by atoms with Crippen LogP contribution in [0, 0.1) is 6.92 Å². The van der Waals surface area contributed by atoms with Crippen LogP contribution in [-0.4, -0.2) is 22.2 Å². The summed E-state index contributed by atoms with van der Waals surface area (Å²) in [5.74, 6) is -1.02. The van der Waals surface area contributed by atoms with Gasteiger partial charge < -0.3 is 5.11 Å². The Balaban J connectivity index is 3.06. The van der Waals surface area contributed by atoms with E-state index >= 15 is 0 Å². The van der Waals surface area contributed by atoms with Crippen molar-refractivity contribution in [2.24, 2.45) is 0 Å². The first kappa shape index (κ1) is 11.9. The van der Waals surface area contributed by atoms with E-state index in [2.05, 4.69) is 15.9 Å². The number of Topliss-reactive ketones (excluding diaryl/α,β-unsaturated/α-hetero) is 1. The predicted octanol–water partition coefficient (Wildman–Crippen LogP) is 2.20. The SMILES string of the molecule is Cc1ccc(CC(=O)CBr)c(C(=O)O)c1. The van der Waals surface area contributed by atoms with E-state index in [0.717, 1.165) is 5.56 Å². The van der Waals surface area contributed by atoms with E-state index in [4.69, 9.17) is 5.11 Å². The third kappa shape index (κ3) is 3.16. The molecule has 1 N–H and O–H groups in total. The highest BCUT2D eigenvalue weighted by Crippen LogP contribution is 2.13. The number of halogens is 1. The molecule has 4 heteroatoms. The Morgan fingerprint density at radius 2 is 2.07 bits per heavy atom. The normalized spacial score (nSPS) is 10.0. The van der Waals surface area contributed by atoms with Gasteiger partial charge in [0, 0.05) is 6.42 Å². The molecule has 1 aromatic rings. The summed E-state index contributed by atoms with van der Waals surface area (Å²) in [7, 11) is 0. The summed E-state index contributed by atoms with van der Waals surface area (Å²) < 4.78 is 0. The molecule has 1 aromatic carbocycles. The minimum atomic E-state index is -0.990. The van der Waals surface area contributed by atoms with Gasteiger partial charge in [-0.15, -0.1) is 0 Å². The molecule has 0 radical (unpaired) electrons. The zero-order chi connectivity index (χ0) is 11.4. The van der Waals surface area contributed by atoms with Gasteiger partial charge in [0.05, 0.1) is 10.9 Å². The first-order valence-electron chi connectivity index (χ1n) is 4.45. The standard InChI is InChI=1S/C11H11BrO3/c1-7-2-3-8(5-9(13)6-12)10(4-7)11(14)15/h2-4H,5-6H2,1H3,(H,14,15). The second-order valence-electron chi connectivity index (χ2n) is 3.31. The van der Waals surface area contributed by atoms with Crippen LogP contribution in [0.25, 0.3) is 0 Å². The number of carboxylic acid groups (broad SMARTS) is 1. The van der Waals surface area contributed by atoms with Crippen molar-refractivity contribution < 1.29 is 14.7 Å². The molecule has 0 heterocycles. The summed E-state index contributed by atoms with van der Waals surface area (Å²) in [4.78, 5) is 22.1. The summed E-state index contributed by atoms with van der Waals surface area (Å²) in [5.41, 5.74) is 1.66. The Morgan fingerprint density at radius 3 is 2.60 bits per heavy atom. The lowest BCUT2D eigenvalue weighted by molar-refractivity contribution is -0.115. The van der Waals surface area contributed by atoms with Crippen molar-refractivity contribution in [1.82, 2.24) is 0 Å². The number of aryl methyl sites for hydroxylation is 1. The van der Waals surface area contributed by atoms with Crippen molar-refractivity contribution in [2.45, 2.75) is 13.3 Å². The maximum absolute atomic E-state index is 11.2. The van der Waals surface area contributed by atoms with Crippen LogP contribution in [0.5, 0.6) is 0 Å². The Bertz CT molecular complexity index is 399. The van der Waals surface area contributed by atoms with Crippen LogP contribution in [0.15, 0.2) is 18.2 Å². The van der Waals surface area contributed by atoms with Crippen molar-refractivity contribution in [3.63, 3.8) is 0 Å². The van der Waals surface area contributed by atoms with Gasteiger partial charge in [0.25, 0.3) is 0 Å². The summed E-state index contributed by atoms with van der Waals surface area (Å²) in [6, 6.07) is 5.09. The fourth-order valence-electron chi connectivity index (χ4n) is 1.30. The third-order valence-corrected chi connectivity index (χ3v) is 2.66. The number of ketones is 1. The lowest BCUT2D eigenvalue weighted by atomic mass is 10.0. The summed E-state index contributed by atoms with van der Waals surface area (Å²) >= 11 is 3.05. The van der Waals surface area contributed by atoms with E-state index in [1.165, 1.54) is 0 Å². The highest BCUT2D eigenvalue weighted by atomic mass is 79.9. The van der Waals surface area contributed by atoms with Gasteiger partial charge in [-0.05, 0) is 18.6 Å². The van der Waals surface area contributed by atoms with Crippen LogP contribution < -0.4 is 0 Å². The summed E-state index contributed by atoms with van der Waals surface area (Å²) in [5, 5.41) is 9.20. The quantitative estimate of drug-likeness (QED) is 0.854. The molecule has 3 nitrogen and oxygen atoms in total. The highest BCUT2D eigenvalue weighted by Gasteiger charge is 2.12. The number of hydrogen-bond acceptors (Lipinski definition) is 2. The van der Waals surface area contributed by atoms with Crippen LogP contribution in [0.3, 0.4) is 0 Å². The van der Waals surface area contributed by atoms with Crippen molar-refractivity contribution in [2.75, 3.05) is 5.33 Å². The number of benzene rings is 1. The number of aromatic carboxylic acids is 1. The summed E-state index contributed by atoms with van der Waals surface area (Å²) in [6.07, 6.45) is 0.160. The van der Waals surface area contributed by atoms with E-state index in [-0.39, 0.29) is 23.1 Å². The molecule has 0 atom stereocenters. The topological polar surface area (TPSA) is 54.4 Å². The second-order valence-corrected chi connectivity index (χ2v) is 3.88. The van der Waals surface area contributed by atoms with Crippen molar-refractivity contribution in [1.29, 1.82) is 0 Å². The number of carbonyl (C=O) groups excluding carboxylic acids is 1. The van der Waals surface area contributed by atoms with E-state index < -0.39 is 5.97 Å². The van der Waals surface area contributed by atoms with Gasteiger partial charge in [0.2, 0.25) is 0 Å². The average Bonchev–Trinajstić information content (AvgIpc) is 2.20. The predicted molar refractivity (Wildman–Crippen MR) is 60.6 cm³/mol. The van der Waals surface area contributed by atoms with Crippen molar-refractivity contribution in [3.8, 4) is 0 Å². The van der Waals surface area contributed by atoms with Gasteiger partial charge in [0.1, 0.15) is 5.78 Å². The van der Waals surface area contributed by atoms with E-state index in [1.807, 2.05) is 13.0 Å². The van der Waals surface area contributed by atoms with Gasteiger partial charge in [-0.25, -0.2) is 4.79 Å². The average molecular weight is 271 g/mol. The molecule has 0 spiro atoms. The molecule has 80 valence electrons. The Morgan fingerprint density at radius 1 is 1.40 bits per heavy atom. The van der Waals surface area contributed by atoms with Gasteiger partial charge in [-0.1, -0.05) is 33.6 Å². The molecule has 0 aliphatic carbocycles. The summed E-state index contributed by atoms with van der Waals surface area (Å²) in [6.45, 7) is 1.82. The van der Waals surface area contributed by atoms with Gasteiger partial charge in [-0.2, -0.15) is 0 Å². The monoisotopic (exact) mass is 270 g/mol. The van der Waals surface area contributed by atoms with E-state index in [9.17, 15) is 9.59 Å². The second kappa shape index (κ2) is 5.07. The molecule has 0 unspecified atom stereocenters. The largest absolute Gasteiger partial charge is 0.478 e. The number of carbonyl (C=O) groups is 2. The first-order chi connectivity index (χ1) is 7.04. The van der Waals surface area contributed by atoms with Gasteiger partial charge in [0.15, 0.2) is 0 Å². The Kier molecular flexibility index (Phi) is 4.03. The maximum Gasteiger partial charge on any atom is 0.335 e. The molecule has 0 saturated carbocycles. The van der Waals surface area contributed by atoms with Crippen molar-refractivity contribution in [3.05, 3.63) is 34.9 Å². The third-order valence-electron chi connectivity index (χ3n) is 2.03. The molecular formula is C11H11BrO3. The Labute approximate surface area is 96.2 Å². The molecular weight excluding hydrogens is 260 g/mol. The van der Waals surface area contributed by atoms with Crippen LogP contribution >= 0.6 is 15.9 Å². The molecule has 0 fully saturated rings. The molecule has 0 aliphatic heterocycles. The Hall–Kier alpha value is -1.16. The van der Waals surface area contributed by atoms with E-state index in [0.29, 0.717) is 5.56 Å². The fraction of sp³-hybridized carbons (Fsp3) is 0.273. The minimum absolute atomic E-state index is 0.0265. The molecule has 15 heavy (non-hydrogen) atoms. The first-order valence-corrected chi connectivity index (χ1v) is 5.57. The molecule has 0 saturated heterocycles. The van der Waals surface area contributed by atoms with Crippen LogP contribution in [-0.2, 0) is 11.2 Å². The zero-order valence-corrected chi connectivity index (χ0v) is 9.87. The van der Waals surface area contributed by atoms with Crippen LogP contribution in [0.2, 0.25) is 0 Å². The maximum atomic E-state index is 11.2.